The van der Waals surface area contributed by atoms with E-state index in [1.807, 2.05) is 54.6 Å². The molecule has 4 N–H and O–H groups in total. The van der Waals surface area contributed by atoms with Crippen molar-refractivity contribution in [3.05, 3.63) is 94.5 Å². The Bertz CT molecular complexity index is 1160. The largest absolute Gasteiger partial charge is 0.491 e. The zero-order valence-corrected chi connectivity index (χ0v) is 21.0. The summed E-state index contributed by atoms with van der Waals surface area (Å²) in [6, 6.07) is 22.8. The lowest BCUT2D eigenvalue weighted by Crippen LogP contribution is -2.54. The Morgan fingerprint density at radius 3 is 2.50 bits per heavy atom. The Hall–Kier alpha value is -3.10. The van der Waals surface area contributed by atoms with Gasteiger partial charge in [-0.1, -0.05) is 35.9 Å². The smallest absolute Gasteiger partial charge is 0.248 e. The summed E-state index contributed by atoms with van der Waals surface area (Å²) in [6.07, 6.45) is -0.753. The molecular formula is C28H32ClN3O4. The van der Waals surface area contributed by atoms with E-state index >= 15 is 0 Å². The van der Waals surface area contributed by atoms with Gasteiger partial charge in [-0.05, 0) is 66.6 Å². The van der Waals surface area contributed by atoms with Gasteiger partial charge in [0, 0.05) is 41.9 Å². The summed E-state index contributed by atoms with van der Waals surface area (Å²) in [4.78, 5) is 16.2. The summed E-state index contributed by atoms with van der Waals surface area (Å²) in [5.74, 6) is 0.199. The normalized spacial score (nSPS) is 19.2. The van der Waals surface area contributed by atoms with E-state index in [1.165, 1.54) is 0 Å². The van der Waals surface area contributed by atoms with Crippen molar-refractivity contribution in [2.45, 2.75) is 25.1 Å². The second-order valence-corrected chi connectivity index (χ2v) is 9.55. The molecule has 3 aromatic rings. The quantitative estimate of drug-likeness (QED) is 0.406. The van der Waals surface area contributed by atoms with Crippen molar-refractivity contribution in [2.24, 2.45) is 5.73 Å². The highest BCUT2D eigenvalue weighted by Crippen LogP contribution is 2.35. The molecule has 0 aromatic heterocycles. The van der Waals surface area contributed by atoms with Crippen molar-refractivity contribution in [3.8, 4) is 5.75 Å². The average Bonchev–Trinajstić information content (AvgIpc) is 2.88. The van der Waals surface area contributed by atoms with Crippen molar-refractivity contribution in [1.82, 2.24) is 4.90 Å². The summed E-state index contributed by atoms with van der Waals surface area (Å²) in [5.41, 5.74) is 8.66. The first-order valence-electron chi connectivity index (χ1n) is 12.0. The SMILES string of the molecule is C[C@@H]1CN(C[C@@H](O)c2cccc(C(N)=O)c2)C[C@@H](c2ccc(Cl)cc2)N1c1ccc(OCCO)cc1. The van der Waals surface area contributed by atoms with Crippen LogP contribution in [0.15, 0.2) is 72.8 Å². The lowest BCUT2D eigenvalue weighted by molar-refractivity contribution is 0.0914. The predicted molar refractivity (Wildman–Crippen MR) is 142 cm³/mol. The van der Waals surface area contributed by atoms with Crippen LogP contribution in [0.5, 0.6) is 5.75 Å². The van der Waals surface area contributed by atoms with Gasteiger partial charge < -0.3 is 25.6 Å². The fraction of sp³-hybridized carbons (Fsp3) is 0.321. The van der Waals surface area contributed by atoms with Gasteiger partial charge in [-0.3, -0.25) is 9.69 Å². The molecule has 3 aromatic carbocycles. The second-order valence-electron chi connectivity index (χ2n) is 9.11. The molecule has 0 spiro atoms. The van der Waals surface area contributed by atoms with E-state index in [4.69, 9.17) is 27.2 Å². The molecular weight excluding hydrogens is 478 g/mol. The molecule has 1 saturated heterocycles. The Morgan fingerprint density at radius 2 is 1.83 bits per heavy atom. The average molecular weight is 510 g/mol. The number of halogens is 1. The number of nitrogens with two attached hydrogens (primary N) is 1. The Labute approximate surface area is 216 Å². The van der Waals surface area contributed by atoms with Crippen LogP contribution in [0.1, 0.15) is 40.6 Å². The number of rotatable bonds is 9. The fourth-order valence-corrected chi connectivity index (χ4v) is 4.96. The maximum atomic E-state index is 11.6. The zero-order valence-electron chi connectivity index (χ0n) is 20.3. The highest BCUT2D eigenvalue weighted by molar-refractivity contribution is 6.30. The zero-order chi connectivity index (χ0) is 25.7. The van der Waals surface area contributed by atoms with Gasteiger partial charge in [0.2, 0.25) is 5.91 Å². The molecule has 0 saturated carbocycles. The first kappa shape index (κ1) is 26.0. The molecule has 1 aliphatic heterocycles. The number of ether oxygens (including phenoxy) is 1. The number of hydrogen-bond acceptors (Lipinski definition) is 6. The monoisotopic (exact) mass is 509 g/mol. The number of hydrogen-bond donors (Lipinski definition) is 3. The maximum absolute atomic E-state index is 11.6. The molecule has 8 heteroatoms. The topological polar surface area (TPSA) is 99.3 Å². The number of benzene rings is 3. The number of β-amino-alcohol motifs (C(OH)–C–C–N with tert-alkyl or cyclic N) is 1. The van der Waals surface area contributed by atoms with E-state index in [9.17, 15) is 9.90 Å². The van der Waals surface area contributed by atoms with E-state index in [-0.39, 0.29) is 25.3 Å². The minimum absolute atomic E-state index is 0.0272. The molecule has 1 fully saturated rings. The molecule has 36 heavy (non-hydrogen) atoms. The van der Waals surface area contributed by atoms with Gasteiger partial charge in [-0.15, -0.1) is 0 Å². The van der Waals surface area contributed by atoms with E-state index in [0.717, 1.165) is 17.8 Å². The van der Waals surface area contributed by atoms with E-state index < -0.39 is 12.0 Å². The molecule has 3 atom stereocenters. The van der Waals surface area contributed by atoms with Crippen LogP contribution in [0.3, 0.4) is 0 Å². The third-order valence-electron chi connectivity index (χ3n) is 6.50. The summed E-state index contributed by atoms with van der Waals surface area (Å²) in [5, 5.41) is 20.7. The molecule has 190 valence electrons. The molecule has 1 heterocycles. The maximum Gasteiger partial charge on any atom is 0.248 e. The van der Waals surface area contributed by atoms with Gasteiger partial charge in [-0.25, -0.2) is 0 Å². The standard InChI is InChI=1S/C28H32ClN3O4/c1-19-16-31(18-27(34)21-3-2-4-22(15-21)28(30)35)17-26(20-5-7-23(29)8-6-20)32(19)24-9-11-25(12-10-24)36-14-13-33/h2-12,15,19,26-27,33-34H,13-14,16-18H2,1H3,(H2,30,35)/t19-,26+,27-/m1/s1. The van der Waals surface area contributed by atoms with Crippen LogP contribution in [-0.2, 0) is 0 Å². The van der Waals surface area contributed by atoms with Crippen molar-refractivity contribution in [1.29, 1.82) is 0 Å². The summed E-state index contributed by atoms with van der Waals surface area (Å²) < 4.78 is 5.53. The number of nitrogens with zero attached hydrogens (tertiary/aromatic N) is 2. The van der Waals surface area contributed by atoms with E-state index in [0.29, 0.717) is 35.0 Å². The van der Waals surface area contributed by atoms with Gasteiger partial charge in [0.15, 0.2) is 0 Å². The Kier molecular flexibility index (Phi) is 8.48. The van der Waals surface area contributed by atoms with Gasteiger partial charge in [-0.2, -0.15) is 0 Å². The Morgan fingerprint density at radius 1 is 1.11 bits per heavy atom. The molecule has 1 amide bonds. The van der Waals surface area contributed by atoms with Crippen LogP contribution in [0.4, 0.5) is 5.69 Å². The number of anilines is 1. The lowest BCUT2D eigenvalue weighted by Gasteiger charge is -2.48. The van der Waals surface area contributed by atoms with Crippen LogP contribution in [-0.4, -0.2) is 59.9 Å². The first-order chi connectivity index (χ1) is 17.4. The number of carbonyl (C=O) groups excluding carboxylic acids is 1. The first-order valence-corrected chi connectivity index (χ1v) is 12.4. The fourth-order valence-electron chi connectivity index (χ4n) is 4.84. The van der Waals surface area contributed by atoms with E-state index in [1.54, 1.807) is 18.2 Å². The van der Waals surface area contributed by atoms with Crippen molar-refractivity contribution in [3.63, 3.8) is 0 Å². The third kappa shape index (κ3) is 6.17. The highest BCUT2D eigenvalue weighted by atomic mass is 35.5. The Balaban J connectivity index is 1.57. The number of aliphatic hydroxyl groups excluding tert-OH is 2. The highest BCUT2D eigenvalue weighted by Gasteiger charge is 2.34. The van der Waals surface area contributed by atoms with Crippen LogP contribution < -0.4 is 15.4 Å². The molecule has 0 aliphatic carbocycles. The molecule has 0 bridgehead atoms. The van der Waals surface area contributed by atoms with E-state index in [2.05, 4.69) is 16.7 Å². The molecule has 1 aliphatic rings. The summed E-state index contributed by atoms with van der Waals surface area (Å²) in [7, 11) is 0. The van der Waals surface area contributed by atoms with Crippen molar-refractivity contribution in [2.75, 3.05) is 37.7 Å². The molecule has 0 radical (unpaired) electrons. The van der Waals surface area contributed by atoms with Crippen molar-refractivity contribution >= 4 is 23.2 Å². The number of carbonyl (C=O) groups is 1. The number of piperazine rings is 1. The summed E-state index contributed by atoms with van der Waals surface area (Å²) >= 11 is 6.17. The molecule has 7 nitrogen and oxygen atoms in total. The van der Waals surface area contributed by atoms with Gasteiger partial charge in [0.05, 0.1) is 18.8 Å². The van der Waals surface area contributed by atoms with Gasteiger partial charge >= 0.3 is 0 Å². The van der Waals surface area contributed by atoms with Crippen molar-refractivity contribution < 1.29 is 19.7 Å². The number of amides is 1. The van der Waals surface area contributed by atoms with Gasteiger partial charge in [0.25, 0.3) is 0 Å². The van der Waals surface area contributed by atoms with Crippen LogP contribution in [0, 0.1) is 0 Å². The van der Waals surface area contributed by atoms with Crippen LogP contribution >= 0.6 is 11.6 Å². The number of aliphatic hydroxyl groups is 2. The molecule has 4 rings (SSSR count). The minimum atomic E-state index is -0.753. The predicted octanol–water partition coefficient (Wildman–Crippen LogP) is 3.80. The molecule has 0 unspecified atom stereocenters. The van der Waals surface area contributed by atoms with Crippen LogP contribution in [0.2, 0.25) is 5.02 Å². The lowest BCUT2D eigenvalue weighted by atomic mass is 9.97. The number of primary amides is 1. The third-order valence-corrected chi connectivity index (χ3v) is 6.75. The van der Waals surface area contributed by atoms with Gasteiger partial charge in [0.1, 0.15) is 12.4 Å². The second kappa shape index (κ2) is 11.8. The van der Waals surface area contributed by atoms with Crippen LogP contribution in [0.25, 0.3) is 0 Å². The summed E-state index contributed by atoms with van der Waals surface area (Å²) in [6.45, 7) is 4.27. The minimum Gasteiger partial charge on any atom is -0.491 e.